The molecule has 5 nitrogen and oxygen atoms in total. The zero-order chi connectivity index (χ0) is 18.3. The van der Waals surface area contributed by atoms with E-state index < -0.39 is 17.7 Å². The summed E-state index contributed by atoms with van der Waals surface area (Å²) in [6, 6.07) is 8.35. The largest absolute Gasteiger partial charge is 0.324 e. The highest BCUT2D eigenvalue weighted by Gasteiger charge is 2.37. The molecule has 0 radical (unpaired) electrons. The molecule has 0 aliphatic carbocycles. The molecule has 128 valence electrons. The first kappa shape index (κ1) is 17.5. The van der Waals surface area contributed by atoms with Crippen molar-refractivity contribution in [3.05, 3.63) is 62.6 Å². The second-order valence-electron chi connectivity index (χ2n) is 5.87. The molecule has 2 aromatic carbocycles. The minimum absolute atomic E-state index is 0.152. The molecule has 3 amide bonds. The van der Waals surface area contributed by atoms with Crippen molar-refractivity contribution in [2.45, 2.75) is 13.8 Å². The Morgan fingerprint density at radius 2 is 1.56 bits per heavy atom. The molecule has 1 heterocycles. The molecule has 1 N–H and O–H groups in total. The number of anilines is 1. The molecule has 0 atom stereocenters. The van der Waals surface area contributed by atoms with Gasteiger partial charge in [0.25, 0.3) is 11.8 Å². The molecule has 0 saturated carbocycles. The maximum atomic E-state index is 12.4. The van der Waals surface area contributed by atoms with Crippen molar-refractivity contribution < 1.29 is 14.4 Å². The molecule has 0 bridgehead atoms. The van der Waals surface area contributed by atoms with Crippen LogP contribution in [0.15, 0.2) is 30.3 Å². The summed E-state index contributed by atoms with van der Waals surface area (Å²) in [6.45, 7) is 3.39. The number of carbonyl (C=O) groups excluding carboxylic acids is 3. The number of benzene rings is 2. The minimum atomic E-state index is -0.560. The molecule has 0 fully saturated rings. The molecule has 0 spiro atoms. The Labute approximate surface area is 154 Å². The Morgan fingerprint density at radius 1 is 1.00 bits per heavy atom. The smallest absolute Gasteiger partial charge is 0.262 e. The standard InChI is InChI=1S/C18H14Cl2N2O3/c1-9-3-4-10(2)15(5-9)21-16(23)8-22-17(24)11-6-13(19)14(20)7-12(11)18(22)25/h3-7H,8H2,1-2H3,(H,21,23). The van der Waals surface area contributed by atoms with Gasteiger partial charge in [-0.05, 0) is 43.2 Å². The highest BCUT2D eigenvalue weighted by atomic mass is 35.5. The minimum Gasteiger partial charge on any atom is -0.324 e. The monoisotopic (exact) mass is 376 g/mol. The number of aryl methyl sites for hydroxylation is 2. The van der Waals surface area contributed by atoms with Crippen molar-refractivity contribution >= 4 is 46.6 Å². The summed E-state index contributed by atoms with van der Waals surface area (Å²) in [5.74, 6) is -1.58. The van der Waals surface area contributed by atoms with Gasteiger partial charge in [0.1, 0.15) is 6.54 Å². The van der Waals surface area contributed by atoms with Gasteiger partial charge in [-0.25, -0.2) is 0 Å². The second-order valence-corrected chi connectivity index (χ2v) is 6.69. The van der Waals surface area contributed by atoms with Crippen molar-refractivity contribution in [1.82, 2.24) is 4.90 Å². The third-order valence-electron chi connectivity index (χ3n) is 3.98. The van der Waals surface area contributed by atoms with Gasteiger partial charge in [0, 0.05) is 5.69 Å². The summed E-state index contributed by atoms with van der Waals surface area (Å²) in [5.41, 5.74) is 2.83. The van der Waals surface area contributed by atoms with E-state index in [1.54, 1.807) is 0 Å². The van der Waals surface area contributed by atoms with E-state index in [4.69, 9.17) is 23.2 Å². The van der Waals surface area contributed by atoms with E-state index >= 15 is 0 Å². The number of halogens is 2. The molecular weight excluding hydrogens is 363 g/mol. The van der Waals surface area contributed by atoms with Gasteiger partial charge in [0.15, 0.2) is 0 Å². The van der Waals surface area contributed by atoms with Crippen LogP contribution in [0.2, 0.25) is 10.0 Å². The van der Waals surface area contributed by atoms with Crippen LogP contribution in [0.1, 0.15) is 31.8 Å². The summed E-state index contributed by atoms with van der Waals surface area (Å²) >= 11 is 11.8. The van der Waals surface area contributed by atoms with Gasteiger partial charge in [-0.1, -0.05) is 35.3 Å². The van der Waals surface area contributed by atoms with Crippen LogP contribution < -0.4 is 5.32 Å². The normalized spacial score (nSPS) is 13.2. The maximum Gasteiger partial charge on any atom is 0.262 e. The van der Waals surface area contributed by atoms with Crippen molar-refractivity contribution in [2.75, 3.05) is 11.9 Å². The average Bonchev–Trinajstić information content (AvgIpc) is 2.76. The van der Waals surface area contributed by atoms with Crippen LogP contribution in [0.5, 0.6) is 0 Å². The van der Waals surface area contributed by atoms with Crippen LogP contribution >= 0.6 is 23.2 Å². The molecule has 0 aromatic heterocycles. The lowest BCUT2D eigenvalue weighted by molar-refractivity contribution is -0.116. The number of hydrogen-bond donors (Lipinski definition) is 1. The van der Waals surface area contributed by atoms with Crippen LogP contribution in [0.4, 0.5) is 5.69 Å². The lowest BCUT2D eigenvalue weighted by atomic mass is 10.1. The van der Waals surface area contributed by atoms with E-state index in [0.717, 1.165) is 16.0 Å². The summed E-state index contributed by atoms with van der Waals surface area (Å²) in [7, 11) is 0. The van der Waals surface area contributed by atoms with Crippen LogP contribution in [0.3, 0.4) is 0 Å². The van der Waals surface area contributed by atoms with Crippen molar-refractivity contribution in [2.24, 2.45) is 0 Å². The predicted molar refractivity (Wildman–Crippen MR) is 96.4 cm³/mol. The zero-order valence-electron chi connectivity index (χ0n) is 13.5. The summed E-state index contributed by atoms with van der Waals surface area (Å²) in [6.07, 6.45) is 0. The highest BCUT2D eigenvalue weighted by molar-refractivity contribution is 6.43. The fourth-order valence-electron chi connectivity index (χ4n) is 2.63. The van der Waals surface area contributed by atoms with Crippen LogP contribution in [-0.2, 0) is 4.79 Å². The van der Waals surface area contributed by atoms with Gasteiger partial charge in [-0.3, -0.25) is 19.3 Å². The van der Waals surface area contributed by atoms with E-state index in [1.807, 2.05) is 32.0 Å². The Bertz CT molecular complexity index is 884. The molecule has 3 rings (SSSR count). The van der Waals surface area contributed by atoms with Gasteiger partial charge in [0.05, 0.1) is 21.2 Å². The topological polar surface area (TPSA) is 66.5 Å². The van der Waals surface area contributed by atoms with Crippen LogP contribution in [0.25, 0.3) is 0 Å². The number of nitrogens with one attached hydrogen (secondary N) is 1. The number of fused-ring (bicyclic) bond motifs is 1. The lowest BCUT2D eigenvalue weighted by Gasteiger charge is -2.15. The first-order valence-electron chi connectivity index (χ1n) is 7.50. The maximum absolute atomic E-state index is 12.4. The van der Waals surface area contributed by atoms with E-state index in [1.165, 1.54) is 12.1 Å². The van der Waals surface area contributed by atoms with Crippen LogP contribution in [0, 0.1) is 13.8 Å². The summed E-state index contributed by atoms with van der Waals surface area (Å²) in [5, 5.41) is 3.10. The van der Waals surface area contributed by atoms with Gasteiger partial charge in [-0.2, -0.15) is 0 Å². The number of amides is 3. The number of hydrogen-bond acceptors (Lipinski definition) is 3. The van der Waals surface area contributed by atoms with Crippen molar-refractivity contribution in [1.29, 1.82) is 0 Å². The molecule has 1 aliphatic heterocycles. The second kappa shape index (κ2) is 6.50. The van der Waals surface area contributed by atoms with Crippen LogP contribution in [-0.4, -0.2) is 29.2 Å². The zero-order valence-corrected chi connectivity index (χ0v) is 15.0. The van der Waals surface area contributed by atoms with Gasteiger partial charge in [-0.15, -0.1) is 0 Å². The average molecular weight is 377 g/mol. The number of rotatable bonds is 3. The number of imide groups is 1. The SMILES string of the molecule is Cc1ccc(C)c(NC(=O)CN2C(=O)c3cc(Cl)c(Cl)cc3C2=O)c1. The first-order valence-corrected chi connectivity index (χ1v) is 8.26. The van der Waals surface area contributed by atoms with E-state index in [2.05, 4.69) is 5.32 Å². The Morgan fingerprint density at radius 3 is 2.12 bits per heavy atom. The van der Waals surface area contributed by atoms with Gasteiger partial charge >= 0.3 is 0 Å². The summed E-state index contributed by atoms with van der Waals surface area (Å²) in [4.78, 5) is 38.0. The third-order valence-corrected chi connectivity index (χ3v) is 4.70. The Hall–Kier alpha value is -2.37. The highest BCUT2D eigenvalue weighted by Crippen LogP contribution is 2.31. The fraction of sp³-hybridized carbons (Fsp3) is 0.167. The number of nitrogens with zero attached hydrogens (tertiary/aromatic N) is 1. The first-order chi connectivity index (χ1) is 11.8. The van der Waals surface area contributed by atoms with E-state index in [-0.39, 0.29) is 27.7 Å². The number of carbonyl (C=O) groups is 3. The molecule has 1 aliphatic rings. The fourth-order valence-corrected chi connectivity index (χ4v) is 2.96. The van der Waals surface area contributed by atoms with Gasteiger partial charge in [0.2, 0.25) is 5.91 Å². The predicted octanol–water partition coefficient (Wildman–Crippen LogP) is 3.84. The van der Waals surface area contributed by atoms with E-state index in [0.29, 0.717) is 5.69 Å². The third kappa shape index (κ3) is 3.25. The summed E-state index contributed by atoms with van der Waals surface area (Å²) < 4.78 is 0. The molecule has 0 saturated heterocycles. The molecule has 2 aromatic rings. The molecular formula is C18H14Cl2N2O3. The van der Waals surface area contributed by atoms with Crippen molar-refractivity contribution in [3.63, 3.8) is 0 Å². The van der Waals surface area contributed by atoms with Gasteiger partial charge < -0.3 is 5.32 Å². The Kier molecular flexibility index (Phi) is 4.54. The van der Waals surface area contributed by atoms with Crippen molar-refractivity contribution in [3.8, 4) is 0 Å². The lowest BCUT2D eigenvalue weighted by Crippen LogP contribution is -2.37. The molecule has 25 heavy (non-hydrogen) atoms. The molecule has 7 heteroatoms. The molecule has 0 unspecified atom stereocenters. The quantitative estimate of drug-likeness (QED) is 0.827. The van der Waals surface area contributed by atoms with E-state index in [9.17, 15) is 14.4 Å². The Balaban J connectivity index is 1.79.